The van der Waals surface area contributed by atoms with Crippen LogP contribution in [0.2, 0.25) is 0 Å². The Kier molecular flexibility index (Phi) is 4.91. The zero-order chi connectivity index (χ0) is 13.8. The Hall–Kier alpha value is -0.970. The van der Waals surface area contributed by atoms with Crippen LogP contribution in [0.25, 0.3) is 0 Å². The van der Waals surface area contributed by atoms with Gasteiger partial charge in [-0.25, -0.2) is 0 Å². The zero-order valence-corrected chi connectivity index (χ0v) is 13.2. The van der Waals surface area contributed by atoms with E-state index in [1.54, 1.807) is 18.9 Å². The lowest BCUT2D eigenvalue weighted by atomic mass is 10.0. The van der Waals surface area contributed by atoms with E-state index in [4.69, 9.17) is 4.74 Å². The minimum absolute atomic E-state index is 0.687. The van der Waals surface area contributed by atoms with Crippen molar-refractivity contribution < 1.29 is 9.84 Å². The maximum absolute atomic E-state index is 10.6. The van der Waals surface area contributed by atoms with E-state index in [2.05, 4.69) is 15.9 Å². The van der Waals surface area contributed by atoms with Crippen molar-refractivity contribution in [2.24, 2.45) is 0 Å². The van der Waals surface area contributed by atoms with Crippen LogP contribution in [0.4, 0.5) is 0 Å². The third-order valence-electron chi connectivity index (χ3n) is 2.92. The molecule has 2 rings (SSSR count). The molecule has 0 amide bonds. The van der Waals surface area contributed by atoms with E-state index in [0.29, 0.717) is 5.75 Å². The molecule has 0 aliphatic rings. The second-order valence-electron chi connectivity index (χ2n) is 4.03. The van der Waals surface area contributed by atoms with Crippen molar-refractivity contribution in [3.63, 3.8) is 0 Å². The molecule has 0 aliphatic carbocycles. The monoisotopic (exact) mass is 338 g/mol. The van der Waals surface area contributed by atoms with E-state index in [9.17, 15) is 5.11 Å². The van der Waals surface area contributed by atoms with Crippen molar-refractivity contribution in [3.05, 3.63) is 58.1 Å². The van der Waals surface area contributed by atoms with Gasteiger partial charge in [-0.1, -0.05) is 34.1 Å². The number of benzene rings is 2. The van der Waals surface area contributed by atoms with Gasteiger partial charge in [0, 0.05) is 14.9 Å². The number of methoxy groups -OCH3 is 1. The average Bonchev–Trinajstić information content (AvgIpc) is 2.46. The summed E-state index contributed by atoms with van der Waals surface area (Å²) in [4.78, 5) is 1.07. The smallest absolute Gasteiger partial charge is 0.125 e. The Bertz CT molecular complexity index is 572. The lowest BCUT2D eigenvalue weighted by molar-refractivity contribution is 0.212. The highest BCUT2D eigenvalue weighted by Crippen LogP contribution is 2.35. The van der Waals surface area contributed by atoms with Crippen LogP contribution >= 0.6 is 27.7 Å². The Labute approximate surface area is 125 Å². The summed E-state index contributed by atoms with van der Waals surface area (Å²) in [5.74, 6) is 0.687. The quantitative estimate of drug-likeness (QED) is 0.844. The molecular formula is C15H15BrO2S. The summed E-state index contributed by atoms with van der Waals surface area (Å²) in [7, 11) is 1.61. The highest BCUT2D eigenvalue weighted by Gasteiger charge is 2.18. The summed E-state index contributed by atoms with van der Waals surface area (Å²) < 4.78 is 6.25. The lowest BCUT2D eigenvalue weighted by Crippen LogP contribution is -2.03. The number of aliphatic hydroxyl groups is 1. The van der Waals surface area contributed by atoms with Gasteiger partial charge >= 0.3 is 0 Å². The Morgan fingerprint density at radius 1 is 1.16 bits per heavy atom. The number of halogens is 1. The van der Waals surface area contributed by atoms with Gasteiger partial charge in [-0.2, -0.15) is 0 Å². The summed E-state index contributed by atoms with van der Waals surface area (Å²) in [6.45, 7) is 0. The van der Waals surface area contributed by atoms with Gasteiger partial charge in [0.05, 0.1) is 7.11 Å². The van der Waals surface area contributed by atoms with Gasteiger partial charge in [0.15, 0.2) is 0 Å². The topological polar surface area (TPSA) is 29.5 Å². The van der Waals surface area contributed by atoms with E-state index in [-0.39, 0.29) is 0 Å². The van der Waals surface area contributed by atoms with Crippen LogP contribution in [0.15, 0.2) is 51.8 Å². The first-order valence-electron chi connectivity index (χ1n) is 5.81. The van der Waals surface area contributed by atoms with Crippen molar-refractivity contribution in [3.8, 4) is 5.75 Å². The second kappa shape index (κ2) is 6.46. The summed E-state index contributed by atoms with van der Waals surface area (Å²) in [6.07, 6.45) is 1.31. The number of hydrogen-bond acceptors (Lipinski definition) is 3. The zero-order valence-electron chi connectivity index (χ0n) is 10.8. The fraction of sp³-hybridized carbons (Fsp3) is 0.200. The molecule has 4 heteroatoms. The highest BCUT2D eigenvalue weighted by atomic mass is 79.9. The number of ether oxygens (including phenoxy) is 1. The fourth-order valence-corrected chi connectivity index (χ4v) is 2.99. The van der Waals surface area contributed by atoms with E-state index in [0.717, 1.165) is 20.5 Å². The number of thioether (sulfide) groups is 1. The largest absolute Gasteiger partial charge is 0.496 e. The summed E-state index contributed by atoms with van der Waals surface area (Å²) in [5.41, 5.74) is 1.66. The molecule has 0 fully saturated rings. The molecule has 100 valence electrons. The van der Waals surface area contributed by atoms with Crippen molar-refractivity contribution in [2.45, 2.75) is 11.0 Å². The maximum Gasteiger partial charge on any atom is 0.125 e. The molecule has 0 bridgehead atoms. The molecular weight excluding hydrogens is 324 g/mol. The number of rotatable bonds is 4. The molecule has 2 aromatic carbocycles. The molecule has 2 aromatic rings. The van der Waals surface area contributed by atoms with Crippen molar-refractivity contribution >= 4 is 27.7 Å². The molecule has 1 unspecified atom stereocenters. The Balaban J connectivity index is 2.49. The molecule has 0 saturated carbocycles. The van der Waals surface area contributed by atoms with Crippen molar-refractivity contribution in [2.75, 3.05) is 13.4 Å². The number of hydrogen-bond donors (Lipinski definition) is 1. The first kappa shape index (κ1) is 14.4. The lowest BCUT2D eigenvalue weighted by Gasteiger charge is -2.17. The summed E-state index contributed by atoms with van der Waals surface area (Å²) in [6, 6.07) is 13.5. The molecule has 1 N–H and O–H groups in total. The van der Waals surface area contributed by atoms with Gasteiger partial charge in [0.25, 0.3) is 0 Å². The Morgan fingerprint density at radius 2 is 1.89 bits per heavy atom. The van der Waals surface area contributed by atoms with E-state index in [1.807, 2.05) is 48.7 Å². The van der Waals surface area contributed by atoms with Crippen LogP contribution in [0, 0.1) is 0 Å². The summed E-state index contributed by atoms with van der Waals surface area (Å²) >= 11 is 5.05. The van der Waals surface area contributed by atoms with Crippen LogP contribution < -0.4 is 4.74 Å². The molecule has 0 aromatic heterocycles. The van der Waals surface area contributed by atoms with E-state index in [1.165, 1.54) is 0 Å². The fourth-order valence-electron chi connectivity index (χ4n) is 1.98. The van der Waals surface area contributed by atoms with E-state index >= 15 is 0 Å². The van der Waals surface area contributed by atoms with Gasteiger partial charge < -0.3 is 9.84 Å². The second-order valence-corrected chi connectivity index (χ2v) is 5.79. The van der Waals surface area contributed by atoms with Crippen molar-refractivity contribution in [1.82, 2.24) is 0 Å². The molecule has 0 saturated heterocycles. The van der Waals surface area contributed by atoms with Gasteiger partial charge in [-0.3, -0.25) is 0 Å². The molecule has 0 radical (unpaired) electrons. The third kappa shape index (κ3) is 3.14. The van der Waals surface area contributed by atoms with Crippen LogP contribution in [0.1, 0.15) is 17.2 Å². The minimum Gasteiger partial charge on any atom is -0.496 e. The normalized spacial score (nSPS) is 12.2. The van der Waals surface area contributed by atoms with Crippen LogP contribution in [0.3, 0.4) is 0 Å². The summed E-state index contributed by atoms with van der Waals surface area (Å²) in [5, 5.41) is 10.6. The minimum atomic E-state index is -0.698. The van der Waals surface area contributed by atoms with Gasteiger partial charge in [-0.15, -0.1) is 11.8 Å². The average molecular weight is 339 g/mol. The molecule has 19 heavy (non-hydrogen) atoms. The standard InChI is InChI=1S/C15H15BrO2S/c1-18-13-8-7-10(16)9-12(13)15(17)11-5-3-4-6-14(11)19-2/h3-9,15,17H,1-2H3. The molecule has 2 nitrogen and oxygen atoms in total. The third-order valence-corrected chi connectivity index (χ3v) is 4.22. The van der Waals surface area contributed by atoms with Crippen LogP contribution in [-0.4, -0.2) is 18.5 Å². The first-order chi connectivity index (χ1) is 9.17. The molecule has 0 spiro atoms. The molecule has 1 atom stereocenters. The first-order valence-corrected chi connectivity index (χ1v) is 7.83. The van der Waals surface area contributed by atoms with Crippen LogP contribution in [-0.2, 0) is 0 Å². The predicted octanol–water partition coefficient (Wildman–Crippen LogP) is 4.26. The van der Waals surface area contributed by atoms with E-state index < -0.39 is 6.10 Å². The van der Waals surface area contributed by atoms with Gasteiger partial charge in [-0.05, 0) is 36.1 Å². The number of aliphatic hydroxyl groups excluding tert-OH is 1. The predicted molar refractivity (Wildman–Crippen MR) is 83.0 cm³/mol. The van der Waals surface area contributed by atoms with Gasteiger partial charge in [0.2, 0.25) is 0 Å². The Morgan fingerprint density at radius 3 is 2.58 bits per heavy atom. The SMILES string of the molecule is COc1ccc(Br)cc1C(O)c1ccccc1SC. The maximum atomic E-state index is 10.6. The highest BCUT2D eigenvalue weighted by molar-refractivity contribution is 9.10. The molecule has 0 heterocycles. The van der Waals surface area contributed by atoms with Gasteiger partial charge in [0.1, 0.15) is 11.9 Å². The molecule has 0 aliphatic heterocycles. The van der Waals surface area contributed by atoms with Crippen LogP contribution in [0.5, 0.6) is 5.75 Å². The van der Waals surface area contributed by atoms with Crippen molar-refractivity contribution in [1.29, 1.82) is 0 Å².